The third-order valence-corrected chi connectivity index (χ3v) is 5.52. The highest BCUT2D eigenvalue weighted by Gasteiger charge is 2.36. The fourth-order valence-electron chi connectivity index (χ4n) is 4.06. The maximum atomic E-state index is 14.2. The summed E-state index contributed by atoms with van der Waals surface area (Å²) >= 11 is 0. The van der Waals surface area contributed by atoms with Crippen LogP contribution in [0.3, 0.4) is 0 Å². The summed E-state index contributed by atoms with van der Waals surface area (Å²) in [5, 5.41) is 14.2. The molecule has 0 amide bonds. The first-order valence-electron chi connectivity index (χ1n) is 9.72. The number of piperidine rings is 1. The second-order valence-corrected chi connectivity index (χ2v) is 7.76. The number of hydrogen-bond donors (Lipinski definition) is 1. The highest BCUT2D eigenvalue weighted by molar-refractivity contribution is 5.53. The zero-order valence-electron chi connectivity index (χ0n) is 16.0. The molecule has 0 bridgehead atoms. The van der Waals surface area contributed by atoms with Crippen LogP contribution in [0.25, 0.3) is 11.4 Å². The van der Waals surface area contributed by atoms with Gasteiger partial charge in [0.05, 0.1) is 13.2 Å². The van der Waals surface area contributed by atoms with Crippen molar-refractivity contribution in [2.45, 2.75) is 25.8 Å². The first kappa shape index (κ1) is 19.7. The number of aliphatic hydroxyl groups excluding tert-OH is 1. The van der Waals surface area contributed by atoms with Crippen molar-refractivity contribution < 1.29 is 18.4 Å². The van der Waals surface area contributed by atoms with Crippen molar-refractivity contribution in [1.29, 1.82) is 0 Å². The van der Waals surface area contributed by atoms with Crippen LogP contribution in [0.4, 0.5) is 8.78 Å². The van der Waals surface area contributed by atoms with Crippen LogP contribution in [0.15, 0.2) is 53.1 Å². The van der Waals surface area contributed by atoms with Crippen LogP contribution >= 0.6 is 0 Å². The molecule has 1 saturated heterocycles. The van der Waals surface area contributed by atoms with Crippen LogP contribution in [-0.4, -0.2) is 39.8 Å². The fraction of sp³-hybridized carbons (Fsp3) is 0.364. The zero-order chi connectivity index (χ0) is 20.3. The molecule has 5 nitrogen and oxygen atoms in total. The minimum absolute atomic E-state index is 0.0700. The fourth-order valence-corrected chi connectivity index (χ4v) is 4.06. The molecule has 152 valence electrons. The van der Waals surface area contributed by atoms with E-state index < -0.39 is 17.0 Å². The lowest BCUT2D eigenvalue weighted by molar-refractivity contribution is 0.0241. The molecule has 29 heavy (non-hydrogen) atoms. The Hall–Kier alpha value is -2.64. The second kappa shape index (κ2) is 8.39. The normalized spacial score (nSPS) is 20.1. The first-order valence-corrected chi connectivity index (χ1v) is 9.72. The smallest absolute Gasteiger partial charge is 0.241 e. The lowest BCUT2D eigenvalue weighted by atomic mass is 9.75. The summed E-state index contributed by atoms with van der Waals surface area (Å²) in [6.45, 7) is 1.80. The number of nitrogens with zero attached hydrogens (tertiary/aromatic N) is 3. The standard InChI is InChI=1S/C22H23F2N3O2/c23-18-8-7-17(19(24)11-18)12-22(15-28)9-4-10-27(14-22)13-20-25-21(26-29-20)16-5-2-1-3-6-16/h1-3,5-8,11,28H,4,9-10,12-15H2/t22-/m1/s1. The molecule has 7 heteroatoms. The molecule has 4 rings (SSSR count). The molecule has 3 aromatic rings. The van der Waals surface area contributed by atoms with Crippen molar-refractivity contribution in [3.63, 3.8) is 0 Å². The van der Waals surface area contributed by atoms with E-state index in [2.05, 4.69) is 15.0 Å². The summed E-state index contributed by atoms with van der Waals surface area (Å²) < 4.78 is 32.8. The van der Waals surface area contributed by atoms with Gasteiger partial charge in [0, 0.05) is 23.6 Å². The minimum atomic E-state index is -0.597. The molecule has 1 aliphatic rings. The van der Waals surface area contributed by atoms with E-state index in [0.717, 1.165) is 31.0 Å². The van der Waals surface area contributed by atoms with Crippen LogP contribution in [0.5, 0.6) is 0 Å². The van der Waals surface area contributed by atoms with E-state index in [1.54, 1.807) is 0 Å². The SMILES string of the molecule is OC[C@@]1(Cc2ccc(F)cc2F)CCCN(Cc2nc(-c3ccccc3)no2)C1. The summed E-state index contributed by atoms with van der Waals surface area (Å²) in [5.41, 5.74) is 0.822. The lowest BCUT2D eigenvalue weighted by Crippen LogP contribution is -2.46. The summed E-state index contributed by atoms with van der Waals surface area (Å²) in [6, 6.07) is 13.2. The van der Waals surface area contributed by atoms with E-state index in [9.17, 15) is 13.9 Å². The Morgan fingerprint density at radius 1 is 1.14 bits per heavy atom. The Morgan fingerprint density at radius 3 is 2.72 bits per heavy atom. The molecule has 2 heterocycles. The van der Waals surface area contributed by atoms with Crippen LogP contribution < -0.4 is 0 Å². The number of benzene rings is 2. The van der Waals surface area contributed by atoms with E-state index in [1.165, 1.54) is 12.1 Å². The van der Waals surface area contributed by atoms with Crippen molar-refractivity contribution in [2.75, 3.05) is 19.7 Å². The van der Waals surface area contributed by atoms with Crippen LogP contribution in [0.1, 0.15) is 24.3 Å². The van der Waals surface area contributed by atoms with Crippen LogP contribution in [-0.2, 0) is 13.0 Å². The minimum Gasteiger partial charge on any atom is -0.396 e. The number of aliphatic hydroxyl groups is 1. The Labute approximate surface area is 168 Å². The molecule has 1 N–H and O–H groups in total. The van der Waals surface area contributed by atoms with Crippen LogP contribution in [0.2, 0.25) is 0 Å². The molecule has 2 aromatic carbocycles. The monoisotopic (exact) mass is 399 g/mol. The second-order valence-electron chi connectivity index (χ2n) is 7.76. The van der Waals surface area contributed by atoms with Gasteiger partial charge >= 0.3 is 0 Å². The Morgan fingerprint density at radius 2 is 1.97 bits per heavy atom. The average molecular weight is 399 g/mol. The predicted octanol–water partition coefficient (Wildman–Crippen LogP) is 3.83. The first-order chi connectivity index (χ1) is 14.1. The molecule has 0 spiro atoms. The highest BCUT2D eigenvalue weighted by Crippen LogP contribution is 2.34. The molecule has 0 aliphatic carbocycles. The number of aromatic nitrogens is 2. The van der Waals surface area contributed by atoms with Crippen molar-refractivity contribution in [1.82, 2.24) is 15.0 Å². The topological polar surface area (TPSA) is 62.4 Å². The number of likely N-dealkylation sites (tertiary alicyclic amines) is 1. The number of rotatable bonds is 6. The van der Waals surface area contributed by atoms with E-state index >= 15 is 0 Å². The number of halogens is 2. The Bertz CT molecular complexity index is 964. The quantitative estimate of drug-likeness (QED) is 0.683. The molecule has 0 saturated carbocycles. The van der Waals surface area contributed by atoms with Gasteiger partial charge in [-0.2, -0.15) is 4.98 Å². The maximum absolute atomic E-state index is 14.2. The average Bonchev–Trinajstić information content (AvgIpc) is 3.20. The van der Waals surface area contributed by atoms with Gasteiger partial charge in [-0.25, -0.2) is 8.78 Å². The van der Waals surface area contributed by atoms with Crippen molar-refractivity contribution in [2.24, 2.45) is 5.41 Å². The van der Waals surface area contributed by atoms with Gasteiger partial charge in [0.15, 0.2) is 0 Å². The third-order valence-electron chi connectivity index (χ3n) is 5.52. The third kappa shape index (κ3) is 4.52. The molecule has 1 aliphatic heterocycles. The van der Waals surface area contributed by atoms with Gasteiger partial charge in [0.2, 0.25) is 11.7 Å². The molecule has 1 aromatic heterocycles. The molecule has 0 radical (unpaired) electrons. The molecule has 1 fully saturated rings. The highest BCUT2D eigenvalue weighted by atomic mass is 19.1. The number of hydrogen-bond acceptors (Lipinski definition) is 5. The Balaban J connectivity index is 1.46. The summed E-state index contributed by atoms with van der Waals surface area (Å²) in [4.78, 5) is 6.61. The summed E-state index contributed by atoms with van der Waals surface area (Å²) in [5.74, 6) is -0.121. The predicted molar refractivity (Wildman–Crippen MR) is 104 cm³/mol. The van der Waals surface area contributed by atoms with Gasteiger partial charge in [-0.05, 0) is 37.4 Å². The Kier molecular flexibility index (Phi) is 5.69. The van der Waals surface area contributed by atoms with Gasteiger partial charge in [-0.3, -0.25) is 4.90 Å². The van der Waals surface area contributed by atoms with E-state index in [4.69, 9.17) is 4.52 Å². The van der Waals surface area contributed by atoms with Gasteiger partial charge in [-0.1, -0.05) is 41.6 Å². The molecular formula is C22H23F2N3O2. The van der Waals surface area contributed by atoms with Gasteiger partial charge in [0.1, 0.15) is 11.6 Å². The zero-order valence-corrected chi connectivity index (χ0v) is 16.0. The van der Waals surface area contributed by atoms with Gasteiger partial charge < -0.3 is 9.63 Å². The van der Waals surface area contributed by atoms with Crippen molar-refractivity contribution >= 4 is 0 Å². The molecule has 1 atom stereocenters. The van der Waals surface area contributed by atoms with E-state index in [-0.39, 0.29) is 6.61 Å². The largest absolute Gasteiger partial charge is 0.396 e. The summed E-state index contributed by atoms with van der Waals surface area (Å²) in [7, 11) is 0. The molecule has 0 unspecified atom stereocenters. The van der Waals surface area contributed by atoms with Crippen molar-refractivity contribution in [3.05, 3.63) is 71.6 Å². The van der Waals surface area contributed by atoms with Crippen molar-refractivity contribution in [3.8, 4) is 11.4 Å². The lowest BCUT2D eigenvalue weighted by Gasteiger charge is -2.41. The summed E-state index contributed by atoms with van der Waals surface area (Å²) in [6.07, 6.45) is 1.99. The maximum Gasteiger partial charge on any atom is 0.241 e. The van der Waals surface area contributed by atoms with Crippen LogP contribution in [0, 0.1) is 17.0 Å². The van der Waals surface area contributed by atoms with E-state index in [0.29, 0.717) is 36.8 Å². The van der Waals surface area contributed by atoms with Gasteiger partial charge in [-0.15, -0.1) is 0 Å². The van der Waals surface area contributed by atoms with E-state index in [1.807, 2.05) is 30.3 Å². The molecular weight excluding hydrogens is 376 g/mol. The van der Waals surface area contributed by atoms with Gasteiger partial charge in [0.25, 0.3) is 0 Å².